The van der Waals surface area contributed by atoms with E-state index in [4.69, 9.17) is 24.2 Å². The van der Waals surface area contributed by atoms with E-state index in [0.29, 0.717) is 23.3 Å². The molecular formula is C26H36N2O8. The van der Waals surface area contributed by atoms with Crippen LogP contribution in [0.25, 0.3) is 0 Å². The molecule has 10 nitrogen and oxygen atoms in total. The number of rotatable bonds is 12. The minimum absolute atomic E-state index is 0.0151. The van der Waals surface area contributed by atoms with Crippen LogP contribution >= 0.6 is 0 Å². The summed E-state index contributed by atoms with van der Waals surface area (Å²) < 4.78 is 19.6. The smallest absolute Gasteiger partial charge is 0.407 e. The summed E-state index contributed by atoms with van der Waals surface area (Å²) in [5.41, 5.74) is 0.676. The highest BCUT2D eigenvalue weighted by Crippen LogP contribution is 2.18. The zero-order valence-corrected chi connectivity index (χ0v) is 21.6. The normalized spacial score (nSPS) is 11.3. The molecule has 0 spiro atoms. The SMILES string of the molecule is C=C(C)C(=O)OCCNC(=O)OCCOC(=O)C(C)CC.CCC(C)C(=O)Oc1ccccc1C#N. The lowest BCUT2D eigenvalue weighted by molar-refractivity contribution is -0.149. The molecular weight excluding hydrogens is 468 g/mol. The molecule has 0 radical (unpaired) electrons. The van der Waals surface area contributed by atoms with Crippen molar-refractivity contribution < 1.29 is 38.1 Å². The number of hydrogen-bond acceptors (Lipinski definition) is 9. The molecule has 1 aromatic rings. The summed E-state index contributed by atoms with van der Waals surface area (Å²) in [6, 6.07) is 8.70. The average Bonchev–Trinajstić information content (AvgIpc) is 2.88. The first-order valence-corrected chi connectivity index (χ1v) is 11.7. The third-order valence-electron chi connectivity index (χ3n) is 4.76. The summed E-state index contributed by atoms with van der Waals surface area (Å²) in [5.74, 6) is -1.08. The van der Waals surface area contributed by atoms with Crippen LogP contribution in [0.1, 0.15) is 53.0 Å². The lowest BCUT2D eigenvalue weighted by Crippen LogP contribution is -2.30. The van der Waals surface area contributed by atoms with Crippen LogP contribution in [0.3, 0.4) is 0 Å². The predicted octanol–water partition coefficient (Wildman–Crippen LogP) is 3.93. The largest absolute Gasteiger partial charge is 0.462 e. The van der Waals surface area contributed by atoms with Crippen LogP contribution in [-0.4, -0.2) is 50.4 Å². The molecule has 0 fully saturated rings. The Morgan fingerprint density at radius 1 is 0.944 bits per heavy atom. The number of hydrogen-bond donors (Lipinski definition) is 1. The zero-order chi connectivity index (χ0) is 27.5. The second kappa shape index (κ2) is 18.5. The number of carbonyl (C=O) groups is 4. The summed E-state index contributed by atoms with van der Waals surface area (Å²) in [7, 11) is 0. The van der Waals surface area contributed by atoms with Crippen LogP contribution in [0.4, 0.5) is 4.79 Å². The molecule has 1 amide bonds. The molecule has 1 N–H and O–H groups in total. The molecule has 10 heteroatoms. The Morgan fingerprint density at radius 2 is 1.53 bits per heavy atom. The first kappa shape index (κ1) is 32.1. The van der Waals surface area contributed by atoms with Gasteiger partial charge < -0.3 is 24.3 Å². The lowest BCUT2D eigenvalue weighted by Gasteiger charge is -2.10. The number of nitriles is 1. The van der Waals surface area contributed by atoms with Gasteiger partial charge in [0.15, 0.2) is 0 Å². The number of alkyl carbamates (subject to hydrolysis) is 1. The Hall–Kier alpha value is -3.87. The Kier molecular flexibility index (Phi) is 16.5. The zero-order valence-electron chi connectivity index (χ0n) is 21.6. The van der Waals surface area contributed by atoms with Crippen molar-refractivity contribution in [2.45, 2.75) is 47.5 Å². The van der Waals surface area contributed by atoms with E-state index >= 15 is 0 Å². The maximum atomic E-state index is 11.5. The number of nitrogens with one attached hydrogen (secondary N) is 1. The number of amides is 1. The van der Waals surface area contributed by atoms with Gasteiger partial charge in [-0.05, 0) is 31.9 Å². The summed E-state index contributed by atoms with van der Waals surface area (Å²) in [5, 5.41) is 11.2. The maximum Gasteiger partial charge on any atom is 0.407 e. The molecule has 1 rings (SSSR count). The molecule has 2 unspecified atom stereocenters. The Bertz CT molecular complexity index is 923. The van der Waals surface area contributed by atoms with E-state index in [0.717, 1.165) is 6.42 Å². The predicted molar refractivity (Wildman–Crippen MR) is 132 cm³/mol. The van der Waals surface area contributed by atoms with Gasteiger partial charge in [0.05, 0.1) is 23.9 Å². The molecule has 2 atom stereocenters. The highest BCUT2D eigenvalue weighted by Gasteiger charge is 2.15. The van der Waals surface area contributed by atoms with Crippen molar-refractivity contribution in [1.82, 2.24) is 5.32 Å². The van der Waals surface area contributed by atoms with Crippen LogP contribution in [0.15, 0.2) is 36.4 Å². The number of para-hydroxylation sites is 1. The number of esters is 3. The van der Waals surface area contributed by atoms with E-state index in [-0.39, 0.29) is 50.1 Å². The molecule has 0 bridgehead atoms. The Labute approximate surface area is 212 Å². The van der Waals surface area contributed by atoms with Crippen molar-refractivity contribution >= 4 is 24.0 Å². The number of carbonyl (C=O) groups excluding carboxylic acids is 4. The van der Waals surface area contributed by atoms with Crippen molar-refractivity contribution in [3.63, 3.8) is 0 Å². The second-order valence-electron chi connectivity index (χ2n) is 7.79. The van der Waals surface area contributed by atoms with Crippen molar-refractivity contribution in [3.05, 3.63) is 42.0 Å². The monoisotopic (exact) mass is 504 g/mol. The van der Waals surface area contributed by atoms with Crippen molar-refractivity contribution in [2.24, 2.45) is 11.8 Å². The third kappa shape index (κ3) is 13.7. The van der Waals surface area contributed by atoms with Gasteiger partial charge in [-0.3, -0.25) is 9.59 Å². The van der Waals surface area contributed by atoms with Gasteiger partial charge in [-0.15, -0.1) is 0 Å². The molecule has 0 saturated heterocycles. The van der Waals surface area contributed by atoms with Gasteiger partial charge >= 0.3 is 24.0 Å². The fourth-order valence-electron chi connectivity index (χ4n) is 2.08. The van der Waals surface area contributed by atoms with Crippen molar-refractivity contribution in [1.29, 1.82) is 5.26 Å². The van der Waals surface area contributed by atoms with E-state index in [2.05, 4.69) is 11.9 Å². The van der Waals surface area contributed by atoms with Gasteiger partial charge in [0, 0.05) is 5.57 Å². The molecule has 0 aliphatic heterocycles. The van der Waals surface area contributed by atoms with Gasteiger partial charge in [0.1, 0.15) is 31.6 Å². The van der Waals surface area contributed by atoms with Gasteiger partial charge in [0.25, 0.3) is 0 Å². The van der Waals surface area contributed by atoms with Gasteiger partial charge in [-0.1, -0.05) is 46.4 Å². The molecule has 0 heterocycles. The molecule has 1 aromatic carbocycles. The minimum Gasteiger partial charge on any atom is -0.462 e. The molecule has 0 aromatic heterocycles. The second-order valence-corrected chi connectivity index (χ2v) is 7.79. The van der Waals surface area contributed by atoms with E-state index in [1.165, 1.54) is 6.92 Å². The van der Waals surface area contributed by atoms with Crippen LogP contribution in [0.2, 0.25) is 0 Å². The van der Waals surface area contributed by atoms with Crippen LogP contribution in [-0.2, 0) is 28.6 Å². The Balaban J connectivity index is 0.000000717. The fourth-order valence-corrected chi connectivity index (χ4v) is 2.08. The van der Waals surface area contributed by atoms with Crippen molar-refractivity contribution in [2.75, 3.05) is 26.4 Å². The third-order valence-corrected chi connectivity index (χ3v) is 4.76. The standard InChI is InChI=1S/C14H23NO6.C12H13NO2/c1-5-11(4)13(17)20-8-9-21-14(18)15-6-7-19-12(16)10(2)3;1-3-9(2)12(14)15-11-7-5-4-6-10(11)8-13/h11H,2,5-9H2,1,3-4H3,(H,15,18);4-7,9H,3H2,1-2H3. The van der Waals surface area contributed by atoms with Crippen LogP contribution < -0.4 is 10.1 Å². The summed E-state index contributed by atoms with van der Waals surface area (Å²) in [6.45, 7) is 12.5. The highest BCUT2D eigenvalue weighted by molar-refractivity contribution is 5.86. The first-order valence-electron chi connectivity index (χ1n) is 11.7. The number of ether oxygens (including phenoxy) is 4. The first-order chi connectivity index (χ1) is 17.1. The summed E-state index contributed by atoms with van der Waals surface area (Å²) >= 11 is 0. The molecule has 0 aliphatic rings. The number of benzene rings is 1. The molecule has 0 saturated carbocycles. The van der Waals surface area contributed by atoms with E-state index in [1.54, 1.807) is 38.1 Å². The maximum absolute atomic E-state index is 11.5. The summed E-state index contributed by atoms with van der Waals surface area (Å²) in [4.78, 5) is 45.0. The van der Waals surface area contributed by atoms with Gasteiger partial charge in [0.2, 0.25) is 0 Å². The van der Waals surface area contributed by atoms with Crippen LogP contribution in [0, 0.1) is 23.2 Å². The van der Waals surface area contributed by atoms with E-state index < -0.39 is 12.1 Å². The van der Waals surface area contributed by atoms with Gasteiger partial charge in [-0.2, -0.15) is 5.26 Å². The Morgan fingerprint density at radius 3 is 2.11 bits per heavy atom. The molecule has 198 valence electrons. The molecule has 0 aliphatic carbocycles. The number of nitrogens with zero attached hydrogens (tertiary/aromatic N) is 1. The fraction of sp³-hybridized carbons (Fsp3) is 0.500. The quantitative estimate of drug-likeness (QED) is 0.147. The van der Waals surface area contributed by atoms with E-state index in [1.807, 2.05) is 19.9 Å². The summed E-state index contributed by atoms with van der Waals surface area (Å²) in [6.07, 6.45) is 0.761. The van der Waals surface area contributed by atoms with Crippen LogP contribution in [0.5, 0.6) is 5.75 Å². The van der Waals surface area contributed by atoms with E-state index in [9.17, 15) is 19.2 Å². The topological polar surface area (TPSA) is 141 Å². The average molecular weight is 505 g/mol. The minimum atomic E-state index is -0.666. The van der Waals surface area contributed by atoms with Gasteiger partial charge in [-0.25, -0.2) is 9.59 Å². The van der Waals surface area contributed by atoms with Crippen molar-refractivity contribution in [3.8, 4) is 11.8 Å². The molecule has 36 heavy (non-hydrogen) atoms. The highest BCUT2D eigenvalue weighted by atomic mass is 16.6. The lowest BCUT2D eigenvalue weighted by atomic mass is 10.1.